The molecule has 5 heterocycles. The molecule has 18 heteroatoms. The van der Waals surface area contributed by atoms with Crippen molar-refractivity contribution in [3.05, 3.63) is 22.5 Å². The first kappa shape index (κ1) is 58.9. The number of esters is 2. The number of hydrogen-bond acceptors (Lipinski definition) is 14. The molecule has 7 aliphatic rings. The molecule has 6 fully saturated rings. The van der Waals surface area contributed by atoms with E-state index < -0.39 is 40.3 Å². The second-order valence-corrected chi connectivity index (χ2v) is 23.1. The number of dihydropyridines is 1. The molecule has 7 rings (SSSR count). The molecule has 2 amide bonds. The van der Waals surface area contributed by atoms with Gasteiger partial charge >= 0.3 is 36.1 Å². The molecule has 402 valence electrons. The zero-order valence-electron chi connectivity index (χ0n) is 45.0. The maximum Gasteiger partial charge on any atom is 0.410 e. The average Bonchev–Trinajstić information content (AvgIpc) is 3.82. The lowest BCUT2D eigenvalue weighted by Crippen LogP contribution is -2.56. The van der Waals surface area contributed by atoms with Crippen LogP contribution in [-0.2, 0) is 42.9 Å². The highest BCUT2D eigenvalue weighted by Crippen LogP contribution is 2.42. The number of hydrogen-bond donors (Lipinski definition) is 4. The van der Waals surface area contributed by atoms with Gasteiger partial charge in [-0.05, 0) is 178 Å². The smallest absolute Gasteiger partial charge is 0.410 e. The van der Waals surface area contributed by atoms with Crippen molar-refractivity contribution in [2.45, 2.75) is 171 Å². The summed E-state index contributed by atoms with van der Waals surface area (Å²) in [6.07, 6.45) is 8.55. The molecule has 4 N–H and O–H groups in total. The van der Waals surface area contributed by atoms with Gasteiger partial charge in [-0.15, -0.1) is 0 Å². The number of carboxylic acids is 2. The summed E-state index contributed by atoms with van der Waals surface area (Å²) in [5, 5.41) is 24.6. The fraction of sp³-hybridized carbons (Fsp3) is 0.792. The van der Waals surface area contributed by atoms with Gasteiger partial charge in [0.05, 0.1) is 35.2 Å². The minimum atomic E-state index is -0.849. The molecular formula is C53H87N5O13. The first-order valence-corrected chi connectivity index (χ1v) is 26.0. The Morgan fingerprint density at radius 3 is 1.56 bits per heavy atom. The van der Waals surface area contributed by atoms with Gasteiger partial charge < -0.3 is 54.5 Å². The van der Waals surface area contributed by atoms with E-state index in [1.54, 1.807) is 34.6 Å². The van der Waals surface area contributed by atoms with Crippen molar-refractivity contribution in [2.24, 2.45) is 34.5 Å². The molecule has 0 bridgehead atoms. The van der Waals surface area contributed by atoms with Crippen LogP contribution in [0.3, 0.4) is 0 Å². The van der Waals surface area contributed by atoms with Crippen LogP contribution in [0.4, 0.5) is 9.59 Å². The number of carboxylic acid groups (broad SMARTS) is 2. The van der Waals surface area contributed by atoms with E-state index in [1.165, 1.54) is 25.7 Å². The molecule has 4 saturated heterocycles. The minimum absolute atomic E-state index is 0.0740. The summed E-state index contributed by atoms with van der Waals surface area (Å²) in [6.45, 7) is 30.4. The van der Waals surface area contributed by atoms with E-state index in [9.17, 15) is 38.7 Å². The summed E-state index contributed by atoms with van der Waals surface area (Å²) in [6, 6.07) is 0.404. The highest BCUT2D eigenvalue weighted by molar-refractivity contribution is 5.96. The average molecular weight is 1000 g/mol. The SMILES string of the molecule is CC(C)(C)OC(=O)N1CC([C@H]2CCCN([C@@H]3CC[C@@](C)(C(=O)O)C3)C2)C1.CC(C)(C)OC(=O)N1CC([C@H]2CCCNC2)C1.CC1(C(=O)O)CCC(=O)C1.CCOC(=O)C1=C(C)NC(C)=C(C(=O)OCC)C1. The third-order valence-corrected chi connectivity index (χ3v) is 14.8. The van der Waals surface area contributed by atoms with Crippen LogP contribution in [0.1, 0.15) is 154 Å². The van der Waals surface area contributed by atoms with Crippen LogP contribution >= 0.6 is 0 Å². The Labute approximate surface area is 422 Å². The minimum Gasteiger partial charge on any atom is -0.481 e. The molecular weight excluding hydrogens is 915 g/mol. The van der Waals surface area contributed by atoms with E-state index in [2.05, 4.69) is 15.5 Å². The van der Waals surface area contributed by atoms with E-state index in [-0.39, 0.29) is 36.4 Å². The highest BCUT2D eigenvalue weighted by atomic mass is 16.6. The Morgan fingerprint density at radius 1 is 0.676 bits per heavy atom. The number of ketones is 1. The van der Waals surface area contributed by atoms with Crippen molar-refractivity contribution in [2.75, 3.05) is 65.6 Å². The molecule has 18 nitrogen and oxygen atoms in total. The number of carbonyl (C=O) groups excluding carboxylic acids is 5. The van der Waals surface area contributed by atoms with Crippen LogP contribution in [0.5, 0.6) is 0 Å². The van der Waals surface area contributed by atoms with Gasteiger partial charge in [-0.1, -0.05) is 0 Å². The van der Waals surface area contributed by atoms with Crippen molar-refractivity contribution >= 4 is 41.8 Å². The van der Waals surface area contributed by atoms with Crippen molar-refractivity contribution in [1.29, 1.82) is 0 Å². The van der Waals surface area contributed by atoms with Gasteiger partial charge in [0.25, 0.3) is 0 Å². The molecule has 2 aliphatic carbocycles. The molecule has 1 unspecified atom stereocenters. The summed E-state index contributed by atoms with van der Waals surface area (Å²) in [4.78, 5) is 86.3. The van der Waals surface area contributed by atoms with Gasteiger partial charge in [-0.2, -0.15) is 0 Å². The zero-order chi connectivity index (χ0) is 53.1. The molecule has 2 saturated carbocycles. The Morgan fingerprint density at radius 2 is 1.17 bits per heavy atom. The number of rotatable bonds is 9. The van der Waals surface area contributed by atoms with Crippen molar-refractivity contribution < 1.29 is 62.7 Å². The van der Waals surface area contributed by atoms with Crippen molar-refractivity contribution in [3.8, 4) is 0 Å². The van der Waals surface area contributed by atoms with Crippen LogP contribution in [-0.4, -0.2) is 150 Å². The molecule has 0 spiro atoms. The predicted molar refractivity (Wildman–Crippen MR) is 267 cm³/mol. The van der Waals surface area contributed by atoms with Crippen LogP contribution in [0.15, 0.2) is 22.5 Å². The molecule has 5 atom stereocenters. The van der Waals surface area contributed by atoms with Gasteiger partial charge in [0.15, 0.2) is 0 Å². The van der Waals surface area contributed by atoms with E-state index in [1.807, 2.05) is 58.3 Å². The lowest BCUT2D eigenvalue weighted by atomic mass is 9.80. The number of likely N-dealkylation sites (tertiary alicyclic amines) is 3. The van der Waals surface area contributed by atoms with Crippen LogP contribution in [0, 0.1) is 34.5 Å². The van der Waals surface area contributed by atoms with Gasteiger partial charge in [-0.3, -0.25) is 14.4 Å². The second-order valence-electron chi connectivity index (χ2n) is 23.1. The third kappa shape index (κ3) is 17.2. The molecule has 71 heavy (non-hydrogen) atoms. The number of nitrogens with one attached hydrogen (secondary N) is 2. The highest BCUT2D eigenvalue weighted by Gasteiger charge is 2.46. The maximum atomic E-state index is 12.1. The first-order valence-electron chi connectivity index (χ1n) is 26.0. The Hall–Kier alpha value is -4.71. The van der Waals surface area contributed by atoms with Crippen LogP contribution in [0.2, 0.25) is 0 Å². The Bertz CT molecular complexity index is 1930. The lowest BCUT2D eigenvalue weighted by Gasteiger charge is -2.47. The van der Waals surface area contributed by atoms with Gasteiger partial charge in [0.2, 0.25) is 0 Å². The van der Waals surface area contributed by atoms with Crippen molar-refractivity contribution in [3.63, 3.8) is 0 Å². The monoisotopic (exact) mass is 1000 g/mol. The molecule has 0 aromatic rings. The van der Waals surface area contributed by atoms with Gasteiger partial charge in [-0.25, -0.2) is 19.2 Å². The Kier molecular flexibility index (Phi) is 21.0. The van der Waals surface area contributed by atoms with E-state index in [4.69, 9.17) is 24.1 Å². The van der Waals surface area contributed by atoms with E-state index >= 15 is 0 Å². The summed E-state index contributed by atoms with van der Waals surface area (Å²) in [5.74, 6) is 0.381. The van der Waals surface area contributed by atoms with Crippen molar-refractivity contribution in [1.82, 2.24) is 25.3 Å². The van der Waals surface area contributed by atoms with Crippen LogP contribution < -0.4 is 10.6 Å². The number of amides is 2. The quantitative estimate of drug-likeness (QED) is 0.129. The zero-order valence-corrected chi connectivity index (χ0v) is 45.0. The van der Waals surface area contributed by atoms with E-state index in [0.29, 0.717) is 61.0 Å². The summed E-state index contributed by atoms with van der Waals surface area (Å²) >= 11 is 0. The normalized spacial score (nSPS) is 27.2. The maximum absolute atomic E-state index is 12.1. The number of piperidine rings is 2. The number of nitrogens with zero attached hydrogens (tertiary/aromatic N) is 3. The molecule has 5 aliphatic heterocycles. The van der Waals surface area contributed by atoms with Gasteiger partial charge in [0, 0.05) is 69.4 Å². The summed E-state index contributed by atoms with van der Waals surface area (Å²) < 4.78 is 20.7. The number of ether oxygens (including phenoxy) is 4. The molecule has 0 aromatic carbocycles. The summed E-state index contributed by atoms with van der Waals surface area (Å²) in [5.41, 5.74) is 0.255. The number of aliphatic carboxylic acids is 2. The first-order chi connectivity index (χ1) is 33.1. The standard InChI is InChI=1S/C20H34N2O4.C13H24N2O2.C13H19NO4.C7H10O3/c1-19(2,3)26-18(25)22-12-15(13-22)14-6-5-9-21(11-14)16-7-8-20(4,10-16)17(23)24;1-13(2,3)17-12(16)15-8-11(9-15)10-5-4-6-14-7-10;1-5-17-12(15)10-7-11(13(16)18-6-2)9(4)14-8(10)3;1-7(6(9)10)3-2-5(8)4-7/h14-16H,5-13H2,1-4H3,(H,23,24);10-11,14H,4-9H2,1-3H3;14H,5-7H2,1-4H3;2-4H2,1H3,(H,9,10)/t14-,16+,20+;10-;;/m00../s1. The molecule has 0 aromatic heterocycles. The Balaban J connectivity index is 0.000000216. The fourth-order valence-electron chi connectivity index (χ4n) is 10.3. The number of allylic oxidation sites excluding steroid dienone is 2. The van der Waals surface area contributed by atoms with Gasteiger partial charge in [0.1, 0.15) is 17.0 Å². The second kappa shape index (κ2) is 25.3. The molecule has 0 radical (unpaired) electrons. The summed E-state index contributed by atoms with van der Waals surface area (Å²) in [7, 11) is 0. The predicted octanol–water partition coefficient (Wildman–Crippen LogP) is 7.55. The topological polar surface area (TPSA) is 231 Å². The number of carbonyl (C=O) groups is 7. The van der Waals surface area contributed by atoms with E-state index in [0.717, 1.165) is 88.9 Å². The lowest BCUT2D eigenvalue weighted by molar-refractivity contribution is -0.148. The van der Waals surface area contributed by atoms with Crippen LogP contribution in [0.25, 0.3) is 0 Å². The number of Topliss-reactive ketones (excluding diaryl/α,β-unsaturated/α-hetero) is 1. The fourth-order valence-corrected chi connectivity index (χ4v) is 10.3. The largest absolute Gasteiger partial charge is 0.481 e. The third-order valence-electron chi connectivity index (χ3n) is 14.8.